The summed E-state index contributed by atoms with van der Waals surface area (Å²) in [5, 5.41) is 14.2. The molecule has 94 valence electrons. The van der Waals surface area contributed by atoms with Crippen LogP contribution in [0.25, 0.3) is 0 Å². The molecular weight excluding hydrogens is 216 g/mol. The SMILES string of the molecule is CCCC(C)NCc1ccc(C)c([N+](=O)[O-])c1. The summed E-state index contributed by atoms with van der Waals surface area (Å²) in [6.07, 6.45) is 2.26. The van der Waals surface area contributed by atoms with E-state index in [1.165, 1.54) is 0 Å². The first-order chi connectivity index (χ1) is 8.04. The second-order valence-corrected chi connectivity index (χ2v) is 4.45. The van der Waals surface area contributed by atoms with Crippen LogP contribution >= 0.6 is 0 Å². The Labute approximate surface area is 102 Å². The van der Waals surface area contributed by atoms with Crippen molar-refractivity contribution in [1.82, 2.24) is 5.32 Å². The van der Waals surface area contributed by atoms with E-state index in [4.69, 9.17) is 0 Å². The highest BCUT2D eigenvalue weighted by Gasteiger charge is 2.11. The van der Waals surface area contributed by atoms with Crippen LogP contribution in [0.1, 0.15) is 37.8 Å². The van der Waals surface area contributed by atoms with Gasteiger partial charge < -0.3 is 5.32 Å². The highest BCUT2D eigenvalue weighted by Crippen LogP contribution is 2.19. The van der Waals surface area contributed by atoms with Crippen LogP contribution in [0.4, 0.5) is 5.69 Å². The Morgan fingerprint density at radius 1 is 1.47 bits per heavy atom. The van der Waals surface area contributed by atoms with Gasteiger partial charge in [0.15, 0.2) is 0 Å². The number of nitro benzene ring substituents is 1. The van der Waals surface area contributed by atoms with Crippen molar-refractivity contribution in [2.24, 2.45) is 0 Å². The maximum atomic E-state index is 10.8. The minimum Gasteiger partial charge on any atom is -0.310 e. The van der Waals surface area contributed by atoms with E-state index in [0.29, 0.717) is 18.2 Å². The number of nitrogens with zero attached hydrogens (tertiary/aromatic N) is 1. The topological polar surface area (TPSA) is 55.2 Å². The molecule has 0 heterocycles. The number of nitro groups is 1. The van der Waals surface area contributed by atoms with Crippen molar-refractivity contribution in [3.05, 3.63) is 39.4 Å². The average molecular weight is 236 g/mol. The maximum absolute atomic E-state index is 10.8. The van der Waals surface area contributed by atoms with Crippen LogP contribution in [0, 0.1) is 17.0 Å². The maximum Gasteiger partial charge on any atom is 0.272 e. The van der Waals surface area contributed by atoms with E-state index < -0.39 is 0 Å². The van der Waals surface area contributed by atoms with Crippen LogP contribution in [0.15, 0.2) is 18.2 Å². The summed E-state index contributed by atoms with van der Waals surface area (Å²) < 4.78 is 0. The summed E-state index contributed by atoms with van der Waals surface area (Å²) in [5.41, 5.74) is 1.87. The monoisotopic (exact) mass is 236 g/mol. The van der Waals surface area contributed by atoms with Crippen molar-refractivity contribution >= 4 is 5.69 Å². The number of benzene rings is 1. The minimum atomic E-state index is -0.325. The largest absolute Gasteiger partial charge is 0.310 e. The number of aryl methyl sites for hydroxylation is 1. The normalized spacial score (nSPS) is 12.4. The Morgan fingerprint density at radius 2 is 2.18 bits per heavy atom. The van der Waals surface area contributed by atoms with Gasteiger partial charge in [-0.2, -0.15) is 0 Å². The third-order valence-corrected chi connectivity index (χ3v) is 2.85. The van der Waals surface area contributed by atoms with Crippen LogP contribution in [-0.4, -0.2) is 11.0 Å². The number of rotatable bonds is 6. The Bertz CT molecular complexity index is 391. The summed E-state index contributed by atoms with van der Waals surface area (Å²) in [7, 11) is 0. The Balaban J connectivity index is 2.66. The van der Waals surface area contributed by atoms with Gasteiger partial charge in [-0.05, 0) is 25.8 Å². The first-order valence-corrected chi connectivity index (χ1v) is 6.02. The molecule has 0 spiro atoms. The van der Waals surface area contributed by atoms with Crippen molar-refractivity contribution in [1.29, 1.82) is 0 Å². The Kier molecular flexibility index (Phi) is 5.10. The van der Waals surface area contributed by atoms with E-state index in [-0.39, 0.29) is 10.6 Å². The molecule has 0 saturated carbocycles. The summed E-state index contributed by atoms with van der Waals surface area (Å²) in [6.45, 7) is 6.72. The first kappa shape index (κ1) is 13.6. The van der Waals surface area contributed by atoms with Crippen molar-refractivity contribution < 1.29 is 4.92 Å². The fourth-order valence-corrected chi connectivity index (χ4v) is 1.79. The van der Waals surface area contributed by atoms with E-state index >= 15 is 0 Å². The molecular formula is C13H20N2O2. The van der Waals surface area contributed by atoms with Gasteiger partial charge in [0.25, 0.3) is 5.69 Å². The highest BCUT2D eigenvalue weighted by molar-refractivity contribution is 5.42. The van der Waals surface area contributed by atoms with Gasteiger partial charge in [-0.3, -0.25) is 10.1 Å². The van der Waals surface area contributed by atoms with Gasteiger partial charge in [-0.15, -0.1) is 0 Å². The molecule has 4 nitrogen and oxygen atoms in total. The van der Waals surface area contributed by atoms with Crippen molar-refractivity contribution in [2.45, 2.75) is 46.2 Å². The zero-order valence-corrected chi connectivity index (χ0v) is 10.7. The molecule has 1 rings (SSSR count). The lowest BCUT2D eigenvalue weighted by atomic mass is 10.1. The van der Waals surface area contributed by atoms with Gasteiger partial charge >= 0.3 is 0 Å². The van der Waals surface area contributed by atoms with E-state index in [2.05, 4.69) is 19.2 Å². The molecule has 0 bridgehead atoms. The zero-order valence-electron chi connectivity index (χ0n) is 10.7. The Morgan fingerprint density at radius 3 is 2.76 bits per heavy atom. The third kappa shape index (κ3) is 4.15. The number of nitrogens with one attached hydrogen (secondary N) is 1. The molecule has 0 aliphatic rings. The van der Waals surface area contributed by atoms with Crippen LogP contribution in [-0.2, 0) is 6.54 Å². The average Bonchev–Trinajstić information content (AvgIpc) is 2.28. The van der Waals surface area contributed by atoms with E-state index in [1.807, 2.05) is 6.07 Å². The van der Waals surface area contributed by atoms with Crippen molar-refractivity contribution in [3.63, 3.8) is 0 Å². The molecule has 0 amide bonds. The third-order valence-electron chi connectivity index (χ3n) is 2.85. The van der Waals surface area contributed by atoms with Crippen LogP contribution in [0.3, 0.4) is 0 Å². The molecule has 1 atom stereocenters. The molecule has 4 heteroatoms. The predicted molar refractivity (Wildman–Crippen MR) is 69.0 cm³/mol. The molecule has 0 fully saturated rings. The highest BCUT2D eigenvalue weighted by atomic mass is 16.6. The molecule has 0 radical (unpaired) electrons. The van der Waals surface area contributed by atoms with Gasteiger partial charge in [0.2, 0.25) is 0 Å². The van der Waals surface area contributed by atoms with Crippen LogP contribution in [0.5, 0.6) is 0 Å². The number of hydrogen-bond acceptors (Lipinski definition) is 3. The molecule has 1 aromatic carbocycles. The molecule has 0 saturated heterocycles. The molecule has 1 unspecified atom stereocenters. The minimum absolute atomic E-state index is 0.201. The Hall–Kier alpha value is -1.42. The molecule has 1 aromatic rings. The first-order valence-electron chi connectivity index (χ1n) is 6.02. The molecule has 0 aromatic heterocycles. The fourth-order valence-electron chi connectivity index (χ4n) is 1.79. The lowest BCUT2D eigenvalue weighted by Gasteiger charge is -2.12. The quantitative estimate of drug-likeness (QED) is 0.609. The molecule has 1 N–H and O–H groups in total. The number of hydrogen-bond donors (Lipinski definition) is 1. The lowest BCUT2D eigenvalue weighted by Crippen LogP contribution is -2.25. The van der Waals surface area contributed by atoms with Gasteiger partial charge in [-0.25, -0.2) is 0 Å². The molecule has 0 aliphatic heterocycles. The predicted octanol–water partition coefficient (Wildman–Crippen LogP) is 3.18. The second kappa shape index (κ2) is 6.35. The van der Waals surface area contributed by atoms with Gasteiger partial charge in [0, 0.05) is 24.2 Å². The zero-order chi connectivity index (χ0) is 12.8. The fraction of sp³-hybridized carbons (Fsp3) is 0.538. The standard InChI is InChI=1S/C13H20N2O2/c1-4-5-11(3)14-9-12-7-6-10(2)13(8-12)15(16)17/h6-8,11,14H,4-5,9H2,1-3H3. The van der Waals surface area contributed by atoms with E-state index in [9.17, 15) is 10.1 Å². The summed E-state index contributed by atoms with van der Waals surface area (Å²) in [4.78, 5) is 10.5. The van der Waals surface area contributed by atoms with Crippen LogP contribution in [0.2, 0.25) is 0 Å². The van der Waals surface area contributed by atoms with E-state index in [1.54, 1.807) is 19.1 Å². The van der Waals surface area contributed by atoms with Gasteiger partial charge in [-0.1, -0.05) is 25.5 Å². The van der Waals surface area contributed by atoms with Gasteiger partial charge in [0.1, 0.15) is 0 Å². The summed E-state index contributed by atoms with van der Waals surface area (Å²) in [6, 6.07) is 5.84. The summed E-state index contributed by atoms with van der Waals surface area (Å²) >= 11 is 0. The molecule has 0 aliphatic carbocycles. The second-order valence-electron chi connectivity index (χ2n) is 4.45. The van der Waals surface area contributed by atoms with E-state index in [0.717, 1.165) is 18.4 Å². The lowest BCUT2D eigenvalue weighted by molar-refractivity contribution is -0.385. The van der Waals surface area contributed by atoms with Crippen LogP contribution < -0.4 is 5.32 Å². The smallest absolute Gasteiger partial charge is 0.272 e. The molecule has 17 heavy (non-hydrogen) atoms. The van der Waals surface area contributed by atoms with Crippen molar-refractivity contribution in [2.75, 3.05) is 0 Å². The van der Waals surface area contributed by atoms with Gasteiger partial charge in [0.05, 0.1) is 4.92 Å². The summed E-state index contributed by atoms with van der Waals surface area (Å²) in [5.74, 6) is 0. The van der Waals surface area contributed by atoms with Crippen molar-refractivity contribution in [3.8, 4) is 0 Å².